The lowest BCUT2D eigenvalue weighted by atomic mass is 9.81. The number of carbonyl (C=O) groups is 2. The molecular formula is C42H51O7P. The summed E-state index contributed by atoms with van der Waals surface area (Å²) in [5, 5.41) is 0. The van der Waals surface area contributed by atoms with E-state index < -0.39 is 31.1 Å². The van der Waals surface area contributed by atoms with Crippen molar-refractivity contribution in [2.75, 3.05) is 13.2 Å². The van der Waals surface area contributed by atoms with Crippen LogP contribution in [0.5, 0.6) is 11.5 Å². The minimum atomic E-state index is -4.35. The highest BCUT2D eigenvalue weighted by Gasteiger charge is 2.53. The van der Waals surface area contributed by atoms with E-state index >= 15 is 4.57 Å². The molecule has 1 aliphatic heterocycles. The zero-order valence-electron chi connectivity index (χ0n) is 31.4. The molecular weight excluding hydrogens is 647 g/mol. The maximum absolute atomic E-state index is 16.3. The molecule has 50 heavy (non-hydrogen) atoms. The van der Waals surface area contributed by atoms with Crippen molar-refractivity contribution in [3.63, 3.8) is 0 Å². The predicted molar refractivity (Wildman–Crippen MR) is 199 cm³/mol. The van der Waals surface area contributed by atoms with Crippen molar-refractivity contribution in [2.24, 2.45) is 5.92 Å². The van der Waals surface area contributed by atoms with Crippen molar-refractivity contribution in [3.05, 3.63) is 111 Å². The van der Waals surface area contributed by atoms with Crippen LogP contribution in [0.1, 0.15) is 112 Å². The fourth-order valence-corrected chi connectivity index (χ4v) is 9.62. The van der Waals surface area contributed by atoms with Crippen LogP contribution in [0.3, 0.4) is 0 Å². The second-order valence-corrected chi connectivity index (χ2v) is 17.5. The molecule has 1 atom stereocenters. The predicted octanol–water partition coefficient (Wildman–Crippen LogP) is 10.3. The summed E-state index contributed by atoms with van der Waals surface area (Å²) < 4.78 is 41.2. The third-order valence-corrected chi connectivity index (χ3v) is 11.3. The summed E-state index contributed by atoms with van der Waals surface area (Å²) in [5.74, 6) is -1.89. The number of rotatable bonds is 7. The van der Waals surface area contributed by atoms with Crippen molar-refractivity contribution < 1.29 is 32.7 Å². The summed E-state index contributed by atoms with van der Waals surface area (Å²) in [6, 6.07) is 15.7. The molecule has 3 aromatic carbocycles. The van der Waals surface area contributed by atoms with Crippen LogP contribution in [-0.2, 0) is 40.9 Å². The average Bonchev–Trinajstić information content (AvgIpc) is 3.34. The van der Waals surface area contributed by atoms with Gasteiger partial charge in [0.2, 0.25) is 0 Å². The lowest BCUT2D eigenvalue weighted by Crippen LogP contribution is -2.29. The second kappa shape index (κ2) is 13.6. The Morgan fingerprint density at radius 3 is 1.72 bits per heavy atom. The van der Waals surface area contributed by atoms with Crippen LogP contribution in [-0.4, -0.2) is 25.2 Å². The molecule has 0 spiro atoms. The van der Waals surface area contributed by atoms with Crippen LogP contribution < -0.4 is 9.05 Å². The molecule has 266 valence electrons. The Bertz CT molecular complexity index is 1860. The first kappa shape index (κ1) is 37.2. The van der Waals surface area contributed by atoms with Gasteiger partial charge in [0.25, 0.3) is 0 Å². The molecule has 0 aromatic heterocycles. The molecule has 1 unspecified atom stereocenters. The molecule has 1 heterocycles. The van der Waals surface area contributed by atoms with Crippen molar-refractivity contribution in [1.82, 2.24) is 0 Å². The standard InChI is InChI=1S/C42H51O7P/c1-13-46-39(43)35(40(44)47-14-2)34-29-17-15-16-18-30(29)38(33(34)24(3)4)50(45)48-36-27(19-25(5)21-31(36)41(7,8)9)23-28-20-26(6)22-32(37(28)49-50)42(10,11)12/h15-22,35,38H,3,13-14,23H2,1-2,4-12H3. The lowest BCUT2D eigenvalue weighted by Gasteiger charge is -2.36. The van der Waals surface area contributed by atoms with Gasteiger partial charge >= 0.3 is 19.5 Å². The number of esters is 2. The van der Waals surface area contributed by atoms with Gasteiger partial charge in [-0.15, -0.1) is 0 Å². The summed E-state index contributed by atoms with van der Waals surface area (Å²) in [6.45, 7) is 26.4. The Balaban J connectivity index is 1.92. The molecule has 1 aliphatic carbocycles. The Kier molecular flexibility index (Phi) is 10.1. The van der Waals surface area contributed by atoms with Gasteiger partial charge in [-0.2, -0.15) is 0 Å². The Morgan fingerprint density at radius 2 is 1.30 bits per heavy atom. The second-order valence-electron chi connectivity index (χ2n) is 15.5. The zero-order chi connectivity index (χ0) is 36.9. The fraction of sp³-hybridized carbons (Fsp3) is 0.429. The largest absolute Gasteiger partial charge is 0.465 e. The molecule has 0 bridgehead atoms. The first-order chi connectivity index (χ1) is 23.3. The maximum Gasteiger partial charge on any atom is 0.442 e. The minimum Gasteiger partial charge on any atom is -0.465 e. The van der Waals surface area contributed by atoms with Gasteiger partial charge in [0.15, 0.2) is 5.92 Å². The summed E-state index contributed by atoms with van der Waals surface area (Å²) >= 11 is 0. The molecule has 0 fully saturated rings. The average molecular weight is 699 g/mol. The van der Waals surface area contributed by atoms with Gasteiger partial charge in [-0.25, -0.2) is 4.57 Å². The van der Waals surface area contributed by atoms with Crippen molar-refractivity contribution in [2.45, 2.75) is 99.1 Å². The van der Waals surface area contributed by atoms with Gasteiger partial charge < -0.3 is 18.5 Å². The molecule has 3 aromatic rings. The Labute approximate surface area is 297 Å². The van der Waals surface area contributed by atoms with Crippen LogP contribution in [0.2, 0.25) is 0 Å². The van der Waals surface area contributed by atoms with Gasteiger partial charge in [-0.05, 0) is 78.8 Å². The number of fused-ring (bicyclic) bond motifs is 3. The van der Waals surface area contributed by atoms with E-state index in [1.54, 1.807) is 20.8 Å². The van der Waals surface area contributed by atoms with Crippen LogP contribution in [0.25, 0.3) is 5.57 Å². The maximum atomic E-state index is 16.3. The minimum absolute atomic E-state index is 0.0672. The summed E-state index contributed by atoms with van der Waals surface area (Å²) in [6.07, 6.45) is 0.518. The van der Waals surface area contributed by atoms with Crippen molar-refractivity contribution in [3.8, 4) is 11.5 Å². The number of allylic oxidation sites excluding steroid dienone is 2. The van der Waals surface area contributed by atoms with E-state index in [4.69, 9.17) is 18.5 Å². The molecule has 0 amide bonds. The summed E-state index contributed by atoms with van der Waals surface area (Å²) in [7, 11) is -4.35. The number of hydrogen-bond acceptors (Lipinski definition) is 7. The molecule has 7 nitrogen and oxygen atoms in total. The van der Waals surface area contributed by atoms with Crippen molar-refractivity contribution in [1.29, 1.82) is 0 Å². The SMILES string of the molecule is C=C(C)C1=C(C(C(=O)OCC)C(=O)OCC)c2ccccc2C1P1(=O)Oc2c(cc(C)cc2C(C)(C)C)Cc2cc(C)cc(C(C)(C)C)c2O1. The molecule has 0 saturated carbocycles. The van der Waals surface area contributed by atoms with Gasteiger partial charge in [0.1, 0.15) is 17.2 Å². The van der Waals surface area contributed by atoms with Crippen LogP contribution in [0.4, 0.5) is 0 Å². The number of carbonyl (C=O) groups excluding carboxylic acids is 2. The number of benzene rings is 3. The zero-order valence-corrected chi connectivity index (χ0v) is 32.3. The van der Waals surface area contributed by atoms with Crippen molar-refractivity contribution >= 4 is 25.1 Å². The molecule has 2 aliphatic rings. The fourth-order valence-electron chi connectivity index (χ4n) is 7.19. The van der Waals surface area contributed by atoms with E-state index in [0.29, 0.717) is 45.8 Å². The monoisotopic (exact) mass is 698 g/mol. The van der Waals surface area contributed by atoms with Gasteiger partial charge in [-0.3, -0.25) is 9.59 Å². The van der Waals surface area contributed by atoms with Gasteiger partial charge in [-0.1, -0.05) is 113 Å². The highest BCUT2D eigenvalue weighted by Crippen LogP contribution is 2.70. The number of hydrogen-bond donors (Lipinski definition) is 0. The summed E-state index contributed by atoms with van der Waals surface area (Å²) in [5.41, 5.74) is 6.52. The number of ether oxygens (including phenoxy) is 2. The molecule has 8 heteroatoms. The normalized spacial score (nSPS) is 16.7. The summed E-state index contributed by atoms with van der Waals surface area (Å²) in [4.78, 5) is 27.3. The highest BCUT2D eigenvalue weighted by molar-refractivity contribution is 7.55. The molecule has 0 saturated heterocycles. The smallest absolute Gasteiger partial charge is 0.442 e. The molecule has 0 N–H and O–H groups in total. The lowest BCUT2D eigenvalue weighted by molar-refractivity contribution is -0.158. The van der Waals surface area contributed by atoms with Gasteiger partial charge in [0.05, 0.1) is 13.2 Å². The quantitative estimate of drug-likeness (QED) is 0.138. The van der Waals surface area contributed by atoms with E-state index in [9.17, 15) is 9.59 Å². The first-order valence-electron chi connectivity index (χ1n) is 17.4. The molecule has 5 rings (SSSR count). The topological polar surface area (TPSA) is 88.1 Å². The third-order valence-electron chi connectivity index (χ3n) is 9.27. The Morgan fingerprint density at radius 1 is 0.840 bits per heavy atom. The molecule has 0 radical (unpaired) electrons. The van der Waals surface area contributed by atoms with Crippen LogP contribution in [0.15, 0.2) is 66.3 Å². The highest BCUT2D eigenvalue weighted by atomic mass is 31.2. The van der Waals surface area contributed by atoms with E-state index in [1.165, 1.54) is 0 Å². The number of aryl methyl sites for hydroxylation is 2. The van der Waals surface area contributed by atoms with Crippen LogP contribution in [0, 0.1) is 19.8 Å². The van der Waals surface area contributed by atoms with Gasteiger partial charge in [0, 0.05) is 17.5 Å². The third kappa shape index (κ3) is 6.82. The van der Waals surface area contributed by atoms with Crippen LogP contribution >= 0.6 is 7.60 Å². The van der Waals surface area contributed by atoms with E-state index in [0.717, 1.165) is 33.4 Å². The van der Waals surface area contributed by atoms with E-state index in [-0.39, 0.29) is 24.0 Å². The van der Waals surface area contributed by atoms with E-state index in [2.05, 4.69) is 86.2 Å². The van der Waals surface area contributed by atoms with E-state index in [1.807, 2.05) is 24.3 Å². The Hall–Kier alpha value is -4.09. The first-order valence-corrected chi connectivity index (χ1v) is 19.0.